The van der Waals surface area contributed by atoms with Crippen LogP contribution in [0.3, 0.4) is 0 Å². The van der Waals surface area contributed by atoms with Gasteiger partial charge < -0.3 is 14.8 Å². The number of halogens is 2. The Hall–Kier alpha value is -3.14. The minimum absolute atomic E-state index is 0.412. The molecule has 5 heteroatoms. The van der Waals surface area contributed by atoms with Gasteiger partial charge >= 0.3 is 0 Å². The van der Waals surface area contributed by atoms with Crippen molar-refractivity contribution < 1.29 is 9.47 Å². The Kier molecular flexibility index (Phi) is 6.98. The normalized spacial score (nSPS) is 10.5. The van der Waals surface area contributed by atoms with Crippen LogP contribution in [-0.2, 0) is 13.2 Å². The van der Waals surface area contributed by atoms with Gasteiger partial charge in [-0.25, -0.2) is 0 Å². The first-order valence-corrected chi connectivity index (χ1v) is 10.6. The van der Waals surface area contributed by atoms with Gasteiger partial charge in [-0.15, -0.1) is 0 Å². The minimum Gasteiger partial charge on any atom is -0.487 e. The first-order chi connectivity index (χ1) is 15.2. The number of anilines is 1. The summed E-state index contributed by atoms with van der Waals surface area (Å²) < 4.78 is 11.7. The third-order valence-electron chi connectivity index (χ3n) is 4.61. The zero-order valence-electron chi connectivity index (χ0n) is 16.7. The smallest absolute Gasteiger partial charge is 0.138 e. The molecule has 156 valence electrons. The highest BCUT2D eigenvalue weighted by Gasteiger charge is 2.05. The van der Waals surface area contributed by atoms with Gasteiger partial charge in [0.15, 0.2) is 0 Å². The van der Waals surface area contributed by atoms with Gasteiger partial charge in [-0.1, -0.05) is 59.6 Å². The van der Waals surface area contributed by atoms with Gasteiger partial charge in [0.05, 0.1) is 5.02 Å². The second-order valence-electron chi connectivity index (χ2n) is 6.98. The molecule has 0 aliphatic rings. The largest absolute Gasteiger partial charge is 0.487 e. The molecule has 3 nitrogen and oxygen atoms in total. The van der Waals surface area contributed by atoms with Crippen LogP contribution in [0.5, 0.6) is 17.2 Å². The molecule has 0 saturated heterocycles. The van der Waals surface area contributed by atoms with Crippen molar-refractivity contribution in [2.75, 3.05) is 5.32 Å². The molecule has 0 spiro atoms. The molecule has 4 aromatic rings. The van der Waals surface area contributed by atoms with Crippen molar-refractivity contribution in [3.05, 3.63) is 118 Å². The lowest BCUT2D eigenvalue weighted by Crippen LogP contribution is -2.00. The standard InChI is InChI=1S/C26H21Cl2NO2/c27-21-6-4-5-20(15-21)18-30-26-14-9-19(16-25(26)28)17-29-22-10-12-24(13-11-22)31-23-7-2-1-3-8-23/h1-16,29H,17-18H2. The lowest BCUT2D eigenvalue weighted by molar-refractivity contribution is 0.306. The SMILES string of the molecule is Clc1cccc(COc2ccc(CNc3ccc(Oc4ccccc4)cc3)cc2Cl)c1. The zero-order chi connectivity index (χ0) is 21.5. The Labute approximate surface area is 192 Å². The quantitative estimate of drug-likeness (QED) is 0.295. The molecule has 0 amide bonds. The van der Waals surface area contributed by atoms with E-state index in [4.69, 9.17) is 32.7 Å². The average molecular weight is 450 g/mol. The van der Waals surface area contributed by atoms with Crippen LogP contribution in [-0.4, -0.2) is 0 Å². The Morgan fingerprint density at radius 1 is 0.677 bits per heavy atom. The summed E-state index contributed by atoms with van der Waals surface area (Å²) in [6, 6.07) is 31.0. The molecule has 0 bridgehead atoms. The number of benzene rings is 4. The Balaban J connectivity index is 1.31. The first-order valence-electron chi connectivity index (χ1n) is 9.88. The van der Waals surface area contributed by atoms with E-state index in [2.05, 4.69) is 5.32 Å². The molecule has 0 unspecified atom stereocenters. The molecule has 4 rings (SSSR count). The molecule has 1 N–H and O–H groups in total. The maximum absolute atomic E-state index is 6.41. The second kappa shape index (κ2) is 10.3. The van der Waals surface area contributed by atoms with E-state index in [9.17, 15) is 0 Å². The van der Waals surface area contributed by atoms with E-state index in [1.54, 1.807) is 0 Å². The molecule has 0 saturated carbocycles. The van der Waals surface area contributed by atoms with Crippen LogP contribution in [0.4, 0.5) is 5.69 Å². The van der Waals surface area contributed by atoms with Crippen LogP contribution in [0.25, 0.3) is 0 Å². The zero-order valence-corrected chi connectivity index (χ0v) is 18.2. The molecule has 0 fully saturated rings. The van der Waals surface area contributed by atoms with Crippen molar-refractivity contribution in [2.45, 2.75) is 13.2 Å². The van der Waals surface area contributed by atoms with Crippen LogP contribution in [0.15, 0.2) is 97.1 Å². The van der Waals surface area contributed by atoms with E-state index in [1.165, 1.54) is 0 Å². The molecular formula is C26H21Cl2NO2. The molecular weight excluding hydrogens is 429 g/mol. The molecule has 0 atom stereocenters. The molecule has 0 aliphatic carbocycles. The summed E-state index contributed by atoms with van der Waals surface area (Å²) >= 11 is 12.4. The van der Waals surface area contributed by atoms with Gasteiger partial charge in [0.2, 0.25) is 0 Å². The summed E-state index contributed by atoms with van der Waals surface area (Å²) in [6.07, 6.45) is 0. The number of nitrogens with one attached hydrogen (secondary N) is 1. The molecule has 31 heavy (non-hydrogen) atoms. The van der Waals surface area contributed by atoms with E-state index in [0.29, 0.717) is 28.9 Å². The van der Waals surface area contributed by atoms with E-state index in [-0.39, 0.29) is 0 Å². The number of hydrogen-bond acceptors (Lipinski definition) is 3. The average Bonchev–Trinajstić information content (AvgIpc) is 2.79. The summed E-state index contributed by atoms with van der Waals surface area (Å²) in [7, 11) is 0. The van der Waals surface area contributed by atoms with E-state index < -0.39 is 0 Å². The van der Waals surface area contributed by atoms with Gasteiger partial charge in [0, 0.05) is 17.3 Å². The fourth-order valence-corrected chi connectivity index (χ4v) is 3.50. The Morgan fingerprint density at radius 3 is 2.19 bits per heavy atom. The molecule has 0 aliphatic heterocycles. The maximum atomic E-state index is 6.41. The van der Waals surface area contributed by atoms with Crippen molar-refractivity contribution >= 4 is 28.9 Å². The second-order valence-corrected chi connectivity index (χ2v) is 7.82. The topological polar surface area (TPSA) is 30.5 Å². The van der Waals surface area contributed by atoms with Crippen molar-refractivity contribution in [3.8, 4) is 17.2 Å². The van der Waals surface area contributed by atoms with Gasteiger partial charge in [0.1, 0.15) is 23.9 Å². The molecule has 0 radical (unpaired) electrons. The number of rotatable bonds is 8. The van der Waals surface area contributed by atoms with E-state index >= 15 is 0 Å². The lowest BCUT2D eigenvalue weighted by Gasteiger charge is -2.12. The van der Waals surface area contributed by atoms with Crippen LogP contribution in [0, 0.1) is 0 Å². The van der Waals surface area contributed by atoms with Crippen molar-refractivity contribution in [1.29, 1.82) is 0 Å². The van der Waals surface area contributed by atoms with Gasteiger partial charge in [-0.3, -0.25) is 0 Å². The van der Waals surface area contributed by atoms with Crippen molar-refractivity contribution in [1.82, 2.24) is 0 Å². The summed E-state index contributed by atoms with van der Waals surface area (Å²) in [5.74, 6) is 2.25. The van der Waals surface area contributed by atoms with Gasteiger partial charge in [-0.05, 0) is 71.8 Å². The third-order valence-corrected chi connectivity index (χ3v) is 5.14. The third kappa shape index (κ3) is 6.17. The van der Waals surface area contributed by atoms with Crippen molar-refractivity contribution in [3.63, 3.8) is 0 Å². The maximum Gasteiger partial charge on any atom is 0.138 e. The number of para-hydroxylation sites is 1. The highest BCUT2D eigenvalue weighted by molar-refractivity contribution is 6.32. The highest BCUT2D eigenvalue weighted by atomic mass is 35.5. The van der Waals surface area contributed by atoms with Gasteiger partial charge in [-0.2, -0.15) is 0 Å². The summed E-state index contributed by atoms with van der Waals surface area (Å²) in [6.45, 7) is 1.06. The Morgan fingerprint density at radius 2 is 1.45 bits per heavy atom. The summed E-state index contributed by atoms with van der Waals surface area (Å²) in [4.78, 5) is 0. The number of hydrogen-bond donors (Lipinski definition) is 1. The monoisotopic (exact) mass is 449 g/mol. The predicted octanol–water partition coefficient (Wildman–Crippen LogP) is 7.98. The molecule has 0 aromatic heterocycles. The molecule has 4 aromatic carbocycles. The first kappa shape index (κ1) is 21.1. The van der Waals surface area contributed by atoms with Crippen LogP contribution >= 0.6 is 23.2 Å². The van der Waals surface area contributed by atoms with Crippen LogP contribution in [0.2, 0.25) is 10.0 Å². The van der Waals surface area contributed by atoms with Gasteiger partial charge in [0.25, 0.3) is 0 Å². The van der Waals surface area contributed by atoms with E-state index in [0.717, 1.165) is 28.3 Å². The fraction of sp³-hybridized carbons (Fsp3) is 0.0769. The minimum atomic E-state index is 0.412. The lowest BCUT2D eigenvalue weighted by atomic mass is 10.2. The predicted molar refractivity (Wildman–Crippen MR) is 128 cm³/mol. The fourth-order valence-electron chi connectivity index (χ4n) is 3.03. The number of ether oxygens (including phenoxy) is 2. The Bertz CT molecular complexity index is 1130. The van der Waals surface area contributed by atoms with Crippen LogP contribution in [0.1, 0.15) is 11.1 Å². The molecule has 0 heterocycles. The van der Waals surface area contributed by atoms with E-state index in [1.807, 2.05) is 97.1 Å². The van der Waals surface area contributed by atoms with Crippen molar-refractivity contribution in [2.24, 2.45) is 0 Å². The summed E-state index contributed by atoms with van der Waals surface area (Å²) in [5, 5.41) is 4.66. The highest BCUT2D eigenvalue weighted by Crippen LogP contribution is 2.27. The summed E-state index contributed by atoms with van der Waals surface area (Å²) in [5.41, 5.74) is 3.05. The van der Waals surface area contributed by atoms with Crippen LogP contribution < -0.4 is 14.8 Å².